The van der Waals surface area contributed by atoms with Crippen LogP contribution >= 0.6 is 0 Å². The third kappa shape index (κ3) is 6.66. The van der Waals surface area contributed by atoms with E-state index in [9.17, 15) is 18.0 Å². The first-order valence-corrected chi connectivity index (χ1v) is 12.2. The highest BCUT2D eigenvalue weighted by atomic mass is 32.2. The van der Waals surface area contributed by atoms with Gasteiger partial charge in [0, 0.05) is 23.4 Å². The molecule has 0 aliphatic heterocycles. The lowest BCUT2D eigenvalue weighted by atomic mass is 10.1. The van der Waals surface area contributed by atoms with E-state index >= 15 is 0 Å². The summed E-state index contributed by atoms with van der Waals surface area (Å²) in [5.41, 5.74) is 8.15. The average molecular weight is 466 g/mol. The Morgan fingerprint density at radius 3 is 2.27 bits per heavy atom. The van der Waals surface area contributed by atoms with Gasteiger partial charge in [-0.3, -0.25) is 14.3 Å². The molecule has 0 heterocycles. The fourth-order valence-electron chi connectivity index (χ4n) is 3.26. The summed E-state index contributed by atoms with van der Waals surface area (Å²) >= 11 is 0. The second-order valence-electron chi connectivity index (χ2n) is 7.68. The van der Waals surface area contributed by atoms with Crippen LogP contribution in [0.15, 0.2) is 77.7 Å². The fraction of sp³-hybridized carbons (Fsp3) is 0.200. The van der Waals surface area contributed by atoms with Crippen LogP contribution in [0.2, 0.25) is 0 Å². The van der Waals surface area contributed by atoms with Gasteiger partial charge in [-0.25, -0.2) is 8.42 Å². The highest BCUT2D eigenvalue weighted by molar-refractivity contribution is 7.92. The number of amides is 2. The highest BCUT2D eigenvalue weighted by Gasteiger charge is 2.17. The molecule has 7 nitrogen and oxygen atoms in total. The first-order chi connectivity index (χ1) is 15.8. The number of sulfonamides is 1. The van der Waals surface area contributed by atoms with E-state index in [0.29, 0.717) is 16.8 Å². The molecule has 0 aliphatic rings. The van der Waals surface area contributed by atoms with E-state index in [1.54, 1.807) is 36.4 Å². The van der Waals surface area contributed by atoms with Crippen LogP contribution in [-0.4, -0.2) is 20.2 Å². The largest absolute Gasteiger partial charge is 0.366 e. The van der Waals surface area contributed by atoms with Gasteiger partial charge in [0.15, 0.2) is 0 Å². The molecule has 172 valence electrons. The molecule has 3 aromatic rings. The Morgan fingerprint density at radius 2 is 1.58 bits per heavy atom. The van der Waals surface area contributed by atoms with E-state index in [2.05, 4.69) is 17.0 Å². The number of hydrogen-bond acceptors (Lipinski definition) is 4. The summed E-state index contributed by atoms with van der Waals surface area (Å²) in [6, 6.07) is 19.7. The summed E-state index contributed by atoms with van der Waals surface area (Å²) in [4.78, 5) is 23.9. The molecule has 8 heteroatoms. The smallest absolute Gasteiger partial charge is 0.261 e. The highest BCUT2D eigenvalue weighted by Crippen LogP contribution is 2.19. The molecule has 0 bridgehead atoms. The zero-order valence-electron chi connectivity index (χ0n) is 18.4. The van der Waals surface area contributed by atoms with Crippen molar-refractivity contribution in [3.05, 3.63) is 95.1 Å². The van der Waals surface area contributed by atoms with Crippen molar-refractivity contribution < 1.29 is 18.0 Å². The van der Waals surface area contributed by atoms with Gasteiger partial charge in [0.25, 0.3) is 15.9 Å². The van der Waals surface area contributed by atoms with Gasteiger partial charge in [-0.15, -0.1) is 0 Å². The molecule has 3 aromatic carbocycles. The fourth-order valence-corrected chi connectivity index (χ4v) is 4.36. The van der Waals surface area contributed by atoms with Crippen LogP contribution in [0.1, 0.15) is 51.6 Å². The van der Waals surface area contributed by atoms with Crippen LogP contribution in [-0.2, 0) is 23.0 Å². The molecule has 0 radical (unpaired) electrons. The predicted molar refractivity (Wildman–Crippen MR) is 128 cm³/mol. The Balaban J connectivity index is 1.68. The van der Waals surface area contributed by atoms with Gasteiger partial charge in [0.05, 0.1) is 4.90 Å². The van der Waals surface area contributed by atoms with Crippen LogP contribution in [0.5, 0.6) is 0 Å². The third-order valence-corrected chi connectivity index (χ3v) is 6.48. The number of nitrogens with one attached hydrogen (secondary N) is 2. The minimum absolute atomic E-state index is 0.0130. The van der Waals surface area contributed by atoms with Crippen molar-refractivity contribution in [1.29, 1.82) is 0 Å². The van der Waals surface area contributed by atoms with Gasteiger partial charge >= 0.3 is 0 Å². The number of primary amides is 1. The van der Waals surface area contributed by atoms with E-state index in [1.807, 2.05) is 12.1 Å². The number of nitrogens with two attached hydrogens (primary N) is 1. The van der Waals surface area contributed by atoms with Gasteiger partial charge in [-0.05, 0) is 66.4 Å². The zero-order valence-corrected chi connectivity index (χ0v) is 19.2. The maximum Gasteiger partial charge on any atom is 0.261 e. The number of hydrogen-bond donors (Lipinski definition) is 3. The quantitative estimate of drug-likeness (QED) is 0.421. The molecule has 33 heavy (non-hydrogen) atoms. The molecule has 2 amide bonds. The van der Waals surface area contributed by atoms with Crippen molar-refractivity contribution in [1.82, 2.24) is 5.32 Å². The number of benzene rings is 3. The number of anilines is 1. The van der Waals surface area contributed by atoms with E-state index in [0.717, 1.165) is 24.8 Å². The lowest BCUT2D eigenvalue weighted by Crippen LogP contribution is -2.23. The molecule has 0 fully saturated rings. The monoisotopic (exact) mass is 465 g/mol. The SMILES string of the molecule is CCCCc1ccc(NS(=O)(=O)c2cccc(C(=O)NCc3cccc(C(N)=O)c3)c2)cc1. The third-order valence-electron chi connectivity index (χ3n) is 5.10. The summed E-state index contributed by atoms with van der Waals surface area (Å²) in [6.07, 6.45) is 3.13. The Bertz CT molecular complexity index is 1240. The van der Waals surface area contributed by atoms with E-state index in [-0.39, 0.29) is 17.0 Å². The Morgan fingerprint density at radius 1 is 0.879 bits per heavy atom. The van der Waals surface area contributed by atoms with Crippen molar-refractivity contribution in [3.8, 4) is 0 Å². The minimum atomic E-state index is -3.86. The van der Waals surface area contributed by atoms with Crippen molar-refractivity contribution in [2.75, 3.05) is 4.72 Å². The predicted octanol–water partition coefficient (Wildman–Crippen LogP) is 3.86. The molecule has 0 aliphatic carbocycles. The van der Waals surface area contributed by atoms with Gasteiger partial charge in [0.2, 0.25) is 5.91 Å². The van der Waals surface area contributed by atoms with Crippen LogP contribution in [0.4, 0.5) is 5.69 Å². The van der Waals surface area contributed by atoms with Crippen molar-refractivity contribution in [2.24, 2.45) is 5.73 Å². The number of carbonyl (C=O) groups is 2. The Kier molecular flexibility index (Phi) is 7.84. The molecular weight excluding hydrogens is 438 g/mol. The van der Waals surface area contributed by atoms with Gasteiger partial charge < -0.3 is 11.1 Å². The molecule has 0 spiro atoms. The molecule has 4 N–H and O–H groups in total. The lowest BCUT2D eigenvalue weighted by molar-refractivity contribution is 0.0950. The maximum atomic E-state index is 12.8. The summed E-state index contributed by atoms with van der Waals surface area (Å²) in [7, 11) is -3.86. The van der Waals surface area contributed by atoms with Gasteiger partial charge in [0.1, 0.15) is 0 Å². The summed E-state index contributed by atoms with van der Waals surface area (Å²) in [6.45, 7) is 2.29. The molecular formula is C25H27N3O4S. The molecule has 3 rings (SSSR count). The standard InChI is InChI=1S/C25H27N3O4S/c1-2-3-6-18-11-13-22(14-12-18)28-33(31,32)23-10-5-9-21(16-23)25(30)27-17-19-7-4-8-20(15-19)24(26)29/h4-5,7-16,28H,2-3,6,17H2,1H3,(H2,26,29)(H,27,30). The second kappa shape index (κ2) is 10.8. The molecule has 0 atom stereocenters. The molecule has 0 saturated carbocycles. The average Bonchev–Trinajstić information content (AvgIpc) is 2.82. The number of rotatable bonds is 10. The van der Waals surface area contributed by atoms with E-state index in [4.69, 9.17) is 5.73 Å². The van der Waals surface area contributed by atoms with E-state index in [1.165, 1.54) is 24.3 Å². The first-order valence-electron chi connectivity index (χ1n) is 10.7. The van der Waals surface area contributed by atoms with E-state index < -0.39 is 21.8 Å². The van der Waals surface area contributed by atoms with Crippen LogP contribution < -0.4 is 15.8 Å². The lowest BCUT2D eigenvalue weighted by Gasteiger charge is -2.11. The van der Waals surface area contributed by atoms with Gasteiger partial charge in [-0.1, -0.05) is 43.7 Å². The van der Waals surface area contributed by atoms with Crippen LogP contribution in [0.3, 0.4) is 0 Å². The number of carbonyl (C=O) groups excluding carboxylic acids is 2. The summed E-state index contributed by atoms with van der Waals surface area (Å²) < 4.78 is 28.2. The molecule has 0 saturated heterocycles. The Labute approximate surface area is 194 Å². The second-order valence-corrected chi connectivity index (χ2v) is 9.36. The van der Waals surface area contributed by atoms with Gasteiger partial charge in [-0.2, -0.15) is 0 Å². The summed E-state index contributed by atoms with van der Waals surface area (Å²) in [5.74, 6) is -0.985. The first kappa shape index (κ1) is 24.0. The normalized spacial score (nSPS) is 11.1. The van der Waals surface area contributed by atoms with Crippen molar-refractivity contribution in [2.45, 2.75) is 37.6 Å². The topological polar surface area (TPSA) is 118 Å². The molecule has 0 unspecified atom stereocenters. The van der Waals surface area contributed by atoms with Crippen molar-refractivity contribution in [3.63, 3.8) is 0 Å². The maximum absolute atomic E-state index is 12.8. The minimum Gasteiger partial charge on any atom is -0.366 e. The number of aryl methyl sites for hydroxylation is 1. The van der Waals surface area contributed by atoms with Crippen LogP contribution in [0, 0.1) is 0 Å². The Hall–Kier alpha value is -3.65. The number of unbranched alkanes of at least 4 members (excludes halogenated alkanes) is 1. The molecule has 0 aromatic heterocycles. The van der Waals surface area contributed by atoms with Crippen molar-refractivity contribution >= 4 is 27.5 Å². The zero-order chi connectivity index (χ0) is 23.8. The summed E-state index contributed by atoms with van der Waals surface area (Å²) in [5, 5.41) is 2.73. The van der Waals surface area contributed by atoms with Crippen LogP contribution in [0.25, 0.3) is 0 Å².